The van der Waals surface area contributed by atoms with Gasteiger partial charge in [-0.3, -0.25) is 13.9 Å². The summed E-state index contributed by atoms with van der Waals surface area (Å²) in [6.45, 7) is 3.69. The standard InChI is InChI=1S/C32H37F4N3O4S/c1-23(2)21-37-31(41)29(19-24-11-5-4-6-12-24)38(22-25-13-7-8-16-28(25)33)30(40)17-10-18-39(44(3,42)43)27-15-9-14-26(20-27)32(34,35)36/h4-9,11-16,20,23,29H,10,17-19,21-22H2,1-3H3,(H,37,41). The number of anilines is 1. The van der Waals surface area contributed by atoms with Crippen LogP contribution in [0.5, 0.6) is 0 Å². The smallest absolute Gasteiger partial charge is 0.354 e. The lowest BCUT2D eigenvalue weighted by Gasteiger charge is -2.32. The third-order valence-corrected chi connectivity index (χ3v) is 8.06. The summed E-state index contributed by atoms with van der Waals surface area (Å²) in [5, 5.41) is 2.87. The normalized spacial score (nSPS) is 12.5. The van der Waals surface area contributed by atoms with Crippen molar-refractivity contribution >= 4 is 27.5 Å². The first-order valence-electron chi connectivity index (χ1n) is 14.2. The van der Waals surface area contributed by atoms with Crippen LogP contribution in [0.1, 0.15) is 43.4 Å². The molecule has 0 radical (unpaired) electrons. The summed E-state index contributed by atoms with van der Waals surface area (Å²) in [5.74, 6) is -1.38. The number of carbonyl (C=O) groups excluding carboxylic acids is 2. The molecule has 3 rings (SSSR count). The average Bonchev–Trinajstić information content (AvgIpc) is 2.96. The number of hydrogen-bond acceptors (Lipinski definition) is 4. The zero-order valence-electron chi connectivity index (χ0n) is 24.9. The zero-order valence-corrected chi connectivity index (χ0v) is 25.7. The van der Waals surface area contributed by atoms with Crippen LogP contribution in [-0.4, -0.2) is 50.5 Å². The highest BCUT2D eigenvalue weighted by Crippen LogP contribution is 2.32. The van der Waals surface area contributed by atoms with Crippen molar-refractivity contribution in [1.82, 2.24) is 10.2 Å². The first-order valence-corrected chi connectivity index (χ1v) is 16.0. The van der Waals surface area contributed by atoms with E-state index in [2.05, 4.69) is 5.32 Å². The molecule has 0 saturated heterocycles. The van der Waals surface area contributed by atoms with Gasteiger partial charge in [-0.15, -0.1) is 0 Å². The van der Waals surface area contributed by atoms with Crippen molar-refractivity contribution in [2.24, 2.45) is 5.92 Å². The molecule has 238 valence electrons. The summed E-state index contributed by atoms with van der Waals surface area (Å²) in [5.41, 5.74) is -0.228. The molecule has 0 aliphatic heterocycles. The average molecular weight is 636 g/mol. The molecule has 0 heterocycles. The Hall–Kier alpha value is -3.93. The molecule has 0 saturated carbocycles. The lowest BCUT2D eigenvalue weighted by molar-refractivity contribution is -0.141. The van der Waals surface area contributed by atoms with Gasteiger partial charge < -0.3 is 10.2 Å². The van der Waals surface area contributed by atoms with Crippen molar-refractivity contribution in [3.63, 3.8) is 0 Å². The fourth-order valence-electron chi connectivity index (χ4n) is 4.63. The van der Waals surface area contributed by atoms with Gasteiger partial charge in [-0.25, -0.2) is 12.8 Å². The molecule has 44 heavy (non-hydrogen) atoms. The molecule has 1 unspecified atom stereocenters. The summed E-state index contributed by atoms with van der Waals surface area (Å²) in [7, 11) is -4.01. The number of benzene rings is 3. The van der Waals surface area contributed by atoms with Gasteiger partial charge in [-0.2, -0.15) is 13.2 Å². The van der Waals surface area contributed by atoms with Gasteiger partial charge >= 0.3 is 6.18 Å². The Balaban J connectivity index is 1.90. The van der Waals surface area contributed by atoms with Crippen molar-refractivity contribution < 1.29 is 35.6 Å². The summed E-state index contributed by atoms with van der Waals surface area (Å²) < 4.78 is 80.6. The Labute approximate surface area is 255 Å². The van der Waals surface area contributed by atoms with Crippen LogP contribution in [0.25, 0.3) is 0 Å². The molecule has 3 aromatic carbocycles. The van der Waals surface area contributed by atoms with Crippen molar-refractivity contribution in [3.05, 3.63) is 101 Å². The minimum atomic E-state index is -4.67. The van der Waals surface area contributed by atoms with E-state index in [-0.39, 0.29) is 49.5 Å². The molecule has 7 nitrogen and oxygen atoms in total. The number of nitrogens with one attached hydrogen (secondary N) is 1. The maximum absolute atomic E-state index is 14.8. The maximum atomic E-state index is 14.8. The van der Waals surface area contributed by atoms with Crippen LogP contribution in [0.3, 0.4) is 0 Å². The van der Waals surface area contributed by atoms with E-state index in [1.54, 1.807) is 18.2 Å². The largest absolute Gasteiger partial charge is 0.416 e. The third kappa shape index (κ3) is 10.1. The highest BCUT2D eigenvalue weighted by Gasteiger charge is 2.33. The van der Waals surface area contributed by atoms with Crippen LogP contribution in [0.4, 0.5) is 23.2 Å². The lowest BCUT2D eigenvalue weighted by atomic mass is 10.0. The fourth-order valence-corrected chi connectivity index (χ4v) is 5.59. The summed E-state index contributed by atoms with van der Waals surface area (Å²) >= 11 is 0. The van der Waals surface area contributed by atoms with Gasteiger partial charge in [0.15, 0.2) is 0 Å². The molecule has 12 heteroatoms. The van der Waals surface area contributed by atoms with E-state index >= 15 is 0 Å². The van der Waals surface area contributed by atoms with Gasteiger partial charge in [-0.05, 0) is 42.2 Å². The molecule has 0 bridgehead atoms. The van der Waals surface area contributed by atoms with Crippen LogP contribution < -0.4 is 9.62 Å². The van der Waals surface area contributed by atoms with Gasteiger partial charge in [0.05, 0.1) is 17.5 Å². The monoisotopic (exact) mass is 635 g/mol. The SMILES string of the molecule is CC(C)CNC(=O)C(Cc1ccccc1)N(Cc1ccccc1F)C(=O)CCCN(c1cccc(C(F)(F)F)c1)S(C)(=O)=O. The van der Waals surface area contributed by atoms with E-state index in [1.807, 2.05) is 32.0 Å². The number of alkyl halides is 3. The first-order chi connectivity index (χ1) is 20.7. The molecule has 3 aromatic rings. The van der Waals surface area contributed by atoms with Gasteiger partial charge in [0.25, 0.3) is 0 Å². The van der Waals surface area contributed by atoms with Gasteiger partial charge in [0, 0.05) is 38.0 Å². The van der Waals surface area contributed by atoms with E-state index in [0.29, 0.717) is 6.54 Å². The van der Waals surface area contributed by atoms with E-state index in [9.17, 15) is 35.6 Å². The zero-order chi connectivity index (χ0) is 32.5. The molecule has 0 aromatic heterocycles. The Bertz CT molecular complexity index is 1520. The minimum Gasteiger partial charge on any atom is -0.354 e. The Morgan fingerprint density at radius 1 is 0.932 bits per heavy atom. The molecular weight excluding hydrogens is 598 g/mol. The number of nitrogens with zero attached hydrogens (tertiary/aromatic N) is 2. The topological polar surface area (TPSA) is 86.8 Å². The number of rotatable bonds is 14. The van der Waals surface area contributed by atoms with Crippen LogP contribution >= 0.6 is 0 Å². The summed E-state index contributed by atoms with van der Waals surface area (Å²) in [6.07, 6.45) is -3.98. The highest BCUT2D eigenvalue weighted by atomic mass is 32.2. The minimum absolute atomic E-state index is 0.0679. The highest BCUT2D eigenvalue weighted by molar-refractivity contribution is 7.92. The van der Waals surface area contributed by atoms with Gasteiger partial charge in [-0.1, -0.05) is 68.4 Å². The predicted octanol–water partition coefficient (Wildman–Crippen LogP) is 5.80. The molecule has 0 spiro atoms. The van der Waals surface area contributed by atoms with Gasteiger partial charge in [0.2, 0.25) is 21.8 Å². The van der Waals surface area contributed by atoms with Crippen LogP contribution in [0.2, 0.25) is 0 Å². The van der Waals surface area contributed by atoms with Crippen molar-refractivity contribution in [1.29, 1.82) is 0 Å². The fraction of sp³-hybridized carbons (Fsp3) is 0.375. The Kier molecular flexibility index (Phi) is 11.9. The molecule has 0 fully saturated rings. The van der Waals surface area contributed by atoms with E-state index in [4.69, 9.17) is 0 Å². The number of sulfonamides is 1. The second kappa shape index (κ2) is 15.2. The van der Waals surface area contributed by atoms with Crippen LogP contribution in [-0.2, 0) is 38.8 Å². The predicted molar refractivity (Wildman–Crippen MR) is 162 cm³/mol. The van der Waals surface area contributed by atoms with Crippen LogP contribution in [0.15, 0.2) is 78.9 Å². The van der Waals surface area contributed by atoms with E-state index in [1.165, 1.54) is 29.2 Å². The molecular formula is C32H37F4N3O4S. The lowest BCUT2D eigenvalue weighted by Crippen LogP contribution is -2.51. The van der Waals surface area contributed by atoms with E-state index < -0.39 is 45.4 Å². The van der Waals surface area contributed by atoms with Crippen molar-refractivity contribution in [2.45, 2.75) is 51.9 Å². The molecule has 0 aliphatic carbocycles. The first kappa shape index (κ1) is 34.6. The molecule has 0 aliphatic rings. The number of halogens is 4. The molecule has 1 atom stereocenters. The number of amides is 2. The van der Waals surface area contributed by atoms with Crippen molar-refractivity contribution in [3.8, 4) is 0 Å². The third-order valence-electron chi connectivity index (χ3n) is 6.87. The van der Waals surface area contributed by atoms with Crippen molar-refractivity contribution in [2.75, 3.05) is 23.7 Å². The van der Waals surface area contributed by atoms with E-state index in [0.717, 1.165) is 34.3 Å². The van der Waals surface area contributed by atoms with Crippen LogP contribution in [0, 0.1) is 11.7 Å². The quantitative estimate of drug-likeness (QED) is 0.227. The number of hydrogen-bond donors (Lipinski definition) is 1. The molecule has 1 N–H and O–H groups in total. The maximum Gasteiger partial charge on any atom is 0.416 e. The Morgan fingerprint density at radius 3 is 2.20 bits per heavy atom. The van der Waals surface area contributed by atoms with Gasteiger partial charge in [0.1, 0.15) is 11.9 Å². The number of carbonyl (C=O) groups is 2. The second-order valence-corrected chi connectivity index (χ2v) is 12.9. The molecule has 2 amide bonds. The Morgan fingerprint density at radius 2 is 1.59 bits per heavy atom. The second-order valence-electron chi connectivity index (χ2n) is 10.9. The summed E-state index contributed by atoms with van der Waals surface area (Å²) in [4.78, 5) is 28.6. The summed E-state index contributed by atoms with van der Waals surface area (Å²) in [6, 6.07) is 17.9.